The highest BCUT2D eigenvalue weighted by Gasteiger charge is 2.61. The first-order chi connectivity index (χ1) is 19.0. The lowest BCUT2D eigenvalue weighted by Gasteiger charge is -2.45. The van der Waals surface area contributed by atoms with Crippen molar-refractivity contribution in [3.05, 3.63) is 134 Å². The van der Waals surface area contributed by atoms with Crippen LogP contribution in [0.15, 0.2) is 96.1 Å². The number of carbonyl (C=O) groups excluding carboxylic acids is 2. The third kappa shape index (κ3) is 3.88. The molecule has 7 heteroatoms. The molecule has 1 heterocycles. The average Bonchev–Trinajstić information content (AvgIpc) is 3.21. The zero-order valence-corrected chi connectivity index (χ0v) is 22.1. The normalized spacial score (nSPS) is 22.7. The molecule has 2 bridgehead atoms. The molecule has 3 aliphatic carbocycles. The van der Waals surface area contributed by atoms with E-state index < -0.39 is 11.8 Å². The van der Waals surface area contributed by atoms with Crippen molar-refractivity contribution < 1.29 is 14.3 Å². The van der Waals surface area contributed by atoms with E-state index in [9.17, 15) is 9.59 Å². The van der Waals surface area contributed by atoms with Gasteiger partial charge >= 0.3 is 0 Å². The molecule has 1 fully saturated rings. The van der Waals surface area contributed by atoms with E-state index in [1.54, 1.807) is 18.3 Å². The molecule has 2 amide bonds. The van der Waals surface area contributed by atoms with Crippen LogP contribution in [0.5, 0.6) is 5.75 Å². The zero-order valence-electron chi connectivity index (χ0n) is 20.6. The Labute approximate surface area is 235 Å². The molecule has 0 aromatic heterocycles. The standard InChI is InChI=1S/C32H22Cl2N2O3/c33-20-12-11-19(26(34)15-20)17-39-21-13-9-18(10-14-21)16-35-36-31(37)29-27-22-5-1-2-6-23(22)28(30(29)32(36)38)25-8-4-3-7-24(25)27/h1-16,27-30H,17H2/b35-16-/t27?,28?,29-,30-/m1/s1. The van der Waals surface area contributed by atoms with Crippen molar-refractivity contribution in [2.45, 2.75) is 18.4 Å². The summed E-state index contributed by atoms with van der Waals surface area (Å²) in [5, 5.41) is 6.59. The van der Waals surface area contributed by atoms with Crippen molar-refractivity contribution in [1.29, 1.82) is 0 Å². The average molecular weight is 553 g/mol. The molecule has 5 nitrogen and oxygen atoms in total. The summed E-state index contributed by atoms with van der Waals surface area (Å²) in [6.07, 6.45) is 1.55. The molecule has 192 valence electrons. The maximum atomic E-state index is 13.7. The van der Waals surface area contributed by atoms with Crippen LogP contribution >= 0.6 is 23.2 Å². The van der Waals surface area contributed by atoms with E-state index in [2.05, 4.69) is 29.4 Å². The molecule has 0 saturated carbocycles. The quantitative estimate of drug-likeness (QED) is 0.202. The van der Waals surface area contributed by atoms with Crippen LogP contribution in [0, 0.1) is 11.8 Å². The number of nitrogens with zero attached hydrogens (tertiary/aromatic N) is 2. The van der Waals surface area contributed by atoms with Gasteiger partial charge in [0.1, 0.15) is 12.4 Å². The third-order valence-corrected chi connectivity index (χ3v) is 8.62. The fraction of sp³-hybridized carbons (Fsp3) is 0.156. The predicted molar refractivity (Wildman–Crippen MR) is 150 cm³/mol. The molecule has 4 aromatic carbocycles. The summed E-state index contributed by atoms with van der Waals surface area (Å²) < 4.78 is 5.85. The molecule has 0 N–H and O–H groups in total. The second-order valence-corrected chi connectivity index (χ2v) is 10.9. The maximum absolute atomic E-state index is 13.7. The van der Waals surface area contributed by atoms with Crippen LogP contribution in [0.4, 0.5) is 0 Å². The van der Waals surface area contributed by atoms with Crippen LogP contribution in [-0.4, -0.2) is 23.0 Å². The van der Waals surface area contributed by atoms with E-state index in [1.165, 1.54) is 0 Å². The number of halogens is 2. The number of carbonyl (C=O) groups is 2. The summed E-state index contributed by atoms with van der Waals surface area (Å²) in [7, 11) is 0. The fourth-order valence-electron chi connectivity index (χ4n) is 6.35. The minimum Gasteiger partial charge on any atom is -0.489 e. The van der Waals surface area contributed by atoms with E-state index in [0.717, 1.165) is 38.4 Å². The number of hydrogen-bond donors (Lipinski definition) is 0. The number of benzene rings is 4. The smallest absolute Gasteiger partial charge is 0.254 e. The van der Waals surface area contributed by atoms with Gasteiger partial charge in [-0.25, -0.2) is 0 Å². The Morgan fingerprint density at radius 2 is 1.28 bits per heavy atom. The van der Waals surface area contributed by atoms with Gasteiger partial charge in [-0.1, -0.05) is 77.8 Å². The second kappa shape index (κ2) is 9.37. The number of rotatable bonds is 5. The summed E-state index contributed by atoms with van der Waals surface area (Å²) in [5.74, 6) is -0.992. The van der Waals surface area contributed by atoms with Crippen molar-refractivity contribution in [2.75, 3.05) is 0 Å². The first-order valence-electron chi connectivity index (χ1n) is 12.8. The Balaban J connectivity index is 1.11. The molecular weight excluding hydrogens is 531 g/mol. The van der Waals surface area contributed by atoms with E-state index >= 15 is 0 Å². The number of ether oxygens (including phenoxy) is 1. The van der Waals surface area contributed by atoms with Crippen molar-refractivity contribution in [2.24, 2.45) is 16.9 Å². The van der Waals surface area contributed by atoms with Gasteiger partial charge < -0.3 is 4.74 Å². The topological polar surface area (TPSA) is 59.0 Å². The summed E-state index contributed by atoms with van der Waals surface area (Å²) in [4.78, 5) is 27.3. The lowest BCUT2D eigenvalue weighted by Crippen LogP contribution is -2.41. The largest absolute Gasteiger partial charge is 0.489 e. The highest BCUT2D eigenvalue weighted by atomic mass is 35.5. The van der Waals surface area contributed by atoms with Crippen molar-refractivity contribution in [1.82, 2.24) is 5.01 Å². The van der Waals surface area contributed by atoms with Gasteiger partial charge in [0.25, 0.3) is 11.8 Å². The highest BCUT2D eigenvalue weighted by Crippen LogP contribution is 2.60. The zero-order chi connectivity index (χ0) is 26.7. The number of hydrogen-bond acceptors (Lipinski definition) is 4. The third-order valence-electron chi connectivity index (χ3n) is 8.04. The van der Waals surface area contributed by atoms with Gasteiger partial charge in [0.05, 0.1) is 18.1 Å². The van der Waals surface area contributed by atoms with Crippen LogP contribution in [-0.2, 0) is 16.2 Å². The van der Waals surface area contributed by atoms with Gasteiger partial charge in [0.2, 0.25) is 0 Å². The van der Waals surface area contributed by atoms with E-state index in [-0.39, 0.29) is 23.7 Å². The molecule has 39 heavy (non-hydrogen) atoms. The van der Waals surface area contributed by atoms with E-state index in [0.29, 0.717) is 22.4 Å². The summed E-state index contributed by atoms with van der Waals surface area (Å²) in [6.45, 7) is 0.302. The molecule has 0 unspecified atom stereocenters. The van der Waals surface area contributed by atoms with Crippen LogP contribution in [0.1, 0.15) is 45.2 Å². The first kappa shape index (κ1) is 24.1. The van der Waals surface area contributed by atoms with Crippen LogP contribution in [0.25, 0.3) is 0 Å². The van der Waals surface area contributed by atoms with Gasteiger partial charge in [-0.3, -0.25) is 9.59 Å². The Hall–Kier alpha value is -3.93. The van der Waals surface area contributed by atoms with E-state index in [1.807, 2.05) is 54.6 Å². The summed E-state index contributed by atoms with van der Waals surface area (Å²) in [6, 6.07) is 28.9. The van der Waals surface area contributed by atoms with Crippen molar-refractivity contribution >= 4 is 41.2 Å². The Kier molecular flexibility index (Phi) is 5.80. The molecule has 4 aliphatic rings. The van der Waals surface area contributed by atoms with Gasteiger partial charge in [-0.2, -0.15) is 10.1 Å². The summed E-state index contributed by atoms with van der Waals surface area (Å²) in [5.41, 5.74) is 6.15. The molecule has 2 atom stereocenters. The monoisotopic (exact) mass is 552 g/mol. The lowest BCUT2D eigenvalue weighted by atomic mass is 9.55. The Morgan fingerprint density at radius 3 is 1.79 bits per heavy atom. The number of amides is 2. The second-order valence-electron chi connectivity index (χ2n) is 10.1. The predicted octanol–water partition coefficient (Wildman–Crippen LogP) is 6.80. The number of imide groups is 1. The SMILES string of the molecule is O=C1[C@@H]2C3c4ccccc4C(c4ccccc43)[C@H]2C(=O)N1/N=C\c1ccc(OCc2ccc(Cl)cc2Cl)cc1. The molecule has 4 aromatic rings. The molecule has 8 rings (SSSR count). The highest BCUT2D eigenvalue weighted by molar-refractivity contribution is 6.35. The van der Waals surface area contributed by atoms with Gasteiger partial charge in [0, 0.05) is 27.4 Å². The van der Waals surface area contributed by atoms with Crippen LogP contribution in [0.3, 0.4) is 0 Å². The molecular formula is C32H22Cl2N2O3. The van der Waals surface area contributed by atoms with Gasteiger partial charge in [0.15, 0.2) is 0 Å². The lowest BCUT2D eigenvalue weighted by molar-refractivity contribution is -0.139. The van der Waals surface area contributed by atoms with E-state index in [4.69, 9.17) is 27.9 Å². The van der Waals surface area contributed by atoms with Gasteiger partial charge in [-0.05, 0) is 64.2 Å². The van der Waals surface area contributed by atoms with Gasteiger partial charge in [-0.15, -0.1) is 0 Å². The maximum Gasteiger partial charge on any atom is 0.254 e. The number of hydrazone groups is 1. The fourth-order valence-corrected chi connectivity index (χ4v) is 6.81. The Bertz CT molecular complexity index is 1550. The van der Waals surface area contributed by atoms with Crippen LogP contribution < -0.4 is 4.74 Å². The van der Waals surface area contributed by atoms with Crippen LogP contribution in [0.2, 0.25) is 10.0 Å². The molecule has 0 radical (unpaired) electrons. The molecule has 1 aliphatic heterocycles. The molecule has 0 spiro atoms. The molecule has 1 saturated heterocycles. The Morgan fingerprint density at radius 1 is 0.744 bits per heavy atom. The minimum atomic E-state index is -0.445. The minimum absolute atomic E-state index is 0.144. The first-order valence-corrected chi connectivity index (χ1v) is 13.5. The van der Waals surface area contributed by atoms with Crippen molar-refractivity contribution in [3.63, 3.8) is 0 Å². The summed E-state index contributed by atoms with van der Waals surface area (Å²) >= 11 is 12.2. The van der Waals surface area contributed by atoms with Crippen molar-refractivity contribution in [3.8, 4) is 5.75 Å².